The van der Waals surface area contributed by atoms with Gasteiger partial charge in [0.15, 0.2) is 0 Å². The van der Waals surface area contributed by atoms with Crippen molar-refractivity contribution in [3.8, 4) is 11.8 Å². The largest absolute Gasteiger partial charge is 0.320 e. The van der Waals surface area contributed by atoms with Gasteiger partial charge >= 0.3 is 0 Å². The van der Waals surface area contributed by atoms with E-state index in [1.165, 1.54) is 0 Å². The van der Waals surface area contributed by atoms with Gasteiger partial charge in [0, 0.05) is 23.9 Å². The summed E-state index contributed by atoms with van der Waals surface area (Å²) in [5, 5.41) is 6.94. The number of nitrogens with one attached hydrogen (secondary N) is 1. The second kappa shape index (κ2) is 6.73. The van der Waals surface area contributed by atoms with Crippen molar-refractivity contribution in [2.45, 2.75) is 20.4 Å². The van der Waals surface area contributed by atoms with Crippen LogP contribution < -0.4 is 11.1 Å². The average molecular weight is 282 g/mol. The number of aryl methyl sites for hydroxylation is 2. The summed E-state index contributed by atoms with van der Waals surface area (Å²) < 4.78 is 1.76. The molecule has 0 spiro atoms. The first-order valence-electron chi connectivity index (χ1n) is 6.77. The third kappa shape index (κ3) is 3.71. The van der Waals surface area contributed by atoms with Crippen molar-refractivity contribution in [2.24, 2.45) is 5.73 Å². The van der Waals surface area contributed by atoms with Gasteiger partial charge < -0.3 is 11.1 Å². The van der Waals surface area contributed by atoms with Crippen LogP contribution in [-0.2, 0) is 6.54 Å². The second-order valence-electron chi connectivity index (χ2n) is 4.57. The van der Waals surface area contributed by atoms with E-state index in [1.807, 2.05) is 26.0 Å². The molecule has 0 saturated heterocycles. The Labute approximate surface area is 124 Å². The Bertz CT molecular complexity index is 707. The number of amides is 1. The number of nitrogens with zero attached hydrogens (tertiary/aromatic N) is 2. The summed E-state index contributed by atoms with van der Waals surface area (Å²) >= 11 is 0. The molecular weight excluding hydrogens is 264 g/mol. The predicted octanol–water partition coefficient (Wildman–Crippen LogP) is 1.77. The Morgan fingerprint density at radius 1 is 1.48 bits per heavy atom. The van der Waals surface area contributed by atoms with Crippen LogP contribution in [0.25, 0.3) is 0 Å². The lowest BCUT2D eigenvalue weighted by atomic mass is 10.0. The molecule has 0 radical (unpaired) electrons. The Morgan fingerprint density at radius 3 is 2.90 bits per heavy atom. The number of rotatable bonds is 3. The lowest BCUT2D eigenvalue weighted by Gasteiger charge is -2.05. The van der Waals surface area contributed by atoms with E-state index < -0.39 is 0 Å². The van der Waals surface area contributed by atoms with Crippen molar-refractivity contribution in [3.63, 3.8) is 0 Å². The van der Waals surface area contributed by atoms with Gasteiger partial charge in [0.1, 0.15) is 0 Å². The highest BCUT2D eigenvalue weighted by atomic mass is 16.1. The Hall–Kier alpha value is -2.58. The lowest BCUT2D eigenvalue weighted by molar-refractivity contribution is 0.102. The number of anilines is 1. The molecule has 1 amide bonds. The van der Waals surface area contributed by atoms with Gasteiger partial charge in [-0.2, -0.15) is 5.10 Å². The topological polar surface area (TPSA) is 72.9 Å². The summed E-state index contributed by atoms with van der Waals surface area (Å²) in [7, 11) is 0. The van der Waals surface area contributed by atoms with Gasteiger partial charge in [-0.05, 0) is 37.6 Å². The number of nitrogens with two attached hydrogens (primary N) is 1. The maximum absolute atomic E-state index is 12.2. The van der Waals surface area contributed by atoms with Crippen LogP contribution in [0.3, 0.4) is 0 Å². The molecule has 5 nitrogen and oxygen atoms in total. The van der Waals surface area contributed by atoms with E-state index in [2.05, 4.69) is 22.3 Å². The van der Waals surface area contributed by atoms with Gasteiger partial charge in [-0.15, -0.1) is 0 Å². The lowest BCUT2D eigenvalue weighted by Crippen LogP contribution is -2.11. The van der Waals surface area contributed by atoms with Crippen LogP contribution >= 0.6 is 0 Å². The van der Waals surface area contributed by atoms with Gasteiger partial charge in [-0.3, -0.25) is 9.48 Å². The first-order valence-corrected chi connectivity index (χ1v) is 6.77. The number of carbonyl (C=O) groups excluding carboxylic acids is 1. The molecule has 0 bridgehead atoms. The van der Waals surface area contributed by atoms with Gasteiger partial charge in [-0.25, -0.2) is 0 Å². The molecule has 1 aromatic carbocycles. The quantitative estimate of drug-likeness (QED) is 0.843. The summed E-state index contributed by atoms with van der Waals surface area (Å²) in [6, 6.07) is 5.41. The molecule has 108 valence electrons. The fourth-order valence-electron chi connectivity index (χ4n) is 1.90. The first-order chi connectivity index (χ1) is 10.1. The molecule has 0 fully saturated rings. The molecule has 1 heterocycles. The monoisotopic (exact) mass is 282 g/mol. The zero-order valence-corrected chi connectivity index (χ0v) is 12.2. The fraction of sp³-hybridized carbons (Fsp3) is 0.250. The molecule has 1 aromatic heterocycles. The highest BCUT2D eigenvalue weighted by molar-refractivity contribution is 6.04. The maximum Gasteiger partial charge on any atom is 0.255 e. The van der Waals surface area contributed by atoms with Crippen LogP contribution in [0.15, 0.2) is 30.6 Å². The van der Waals surface area contributed by atoms with Crippen molar-refractivity contribution < 1.29 is 4.79 Å². The van der Waals surface area contributed by atoms with Crippen molar-refractivity contribution in [1.29, 1.82) is 0 Å². The summed E-state index contributed by atoms with van der Waals surface area (Å²) in [5.74, 6) is 5.63. The molecule has 2 rings (SSSR count). The SMILES string of the molecule is CCn1cc(NC(=O)c2ccc(C#CCN)c(C)c2)cn1. The van der Waals surface area contributed by atoms with Crippen molar-refractivity contribution in [2.75, 3.05) is 11.9 Å². The molecular formula is C16H18N4O. The number of aromatic nitrogens is 2. The van der Waals surface area contributed by atoms with Gasteiger partial charge in [-0.1, -0.05) is 11.8 Å². The highest BCUT2D eigenvalue weighted by Gasteiger charge is 2.08. The van der Waals surface area contributed by atoms with Crippen molar-refractivity contribution in [1.82, 2.24) is 9.78 Å². The van der Waals surface area contributed by atoms with Crippen LogP contribution in [0.5, 0.6) is 0 Å². The van der Waals surface area contributed by atoms with E-state index in [0.717, 1.165) is 17.7 Å². The van der Waals surface area contributed by atoms with Crippen LogP contribution in [0, 0.1) is 18.8 Å². The van der Waals surface area contributed by atoms with E-state index in [1.54, 1.807) is 23.1 Å². The molecule has 3 N–H and O–H groups in total. The van der Waals surface area contributed by atoms with Crippen LogP contribution in [0.4, 0.5) is 5.69 Å². The Balaban J connectivity index is 2.14. The van der Waals surface area contributed by atoms with E-state index in [4.69, 9.17) is 5.73 Å². The molecule has 0 atom stereocenters. The number of hydrogen-bond acceptors (Lipinski definition) is 3. The second-order valence-corrected chi connectivity index (χ2v) is 4.57. The van der Waals surface area contributed by atoms with Crippen molar-refractivity contribution >= 4 is 11.6 Å². The number of carbonyl (C=O) groups is 1. The van der Waals surface area contributed by atoms with Crippen LogP contribution in [0.2, 0.25) is 0 Å². The summed E-state index contributed by atoms with van der Waals surface area (Å²) in [6.45, 7) is 5.00. The smallest absolute Gasteiger partial charge is 0.255 e. The highest BCUT2D eigenvalue weighted by Crippen LogP contribution is 2.13. The third-order valence-electron chi connectivity index (χ3n) is 3.03. The number of benzene rings is 1. The van der Waals surface area contributed by atoms with Crippen molar-refractivity contribution in [3.05, 3.63) is 47.3 Å². The summed E-state index contributed by atoms with van der Waals surface area (Å²) in [6.07, 6.45) is 3.43. The minimum atomic E-state index is -0.160. The van der Waals surface area contributed by atoms with Gasteiger partial charge in [0.25, 0.3) is 5.91 Å². The van der Waals surface area contributed by atoms with Crippen LogP contribution in [0.1, 0.15) is 28.4 Å². The third-order valence-corrected chi connectivity index (χ3v) is 3.03. The predicted molar refractivity (Wildman–Crippen MR) is 83.0 cm³/mol. The Morgan fingerprint density at radius 2 is 2.29 bits per heavy atom. The normalized spacial score (nSPS) is 9.86. The molecule has 0 saturated carbocycles. The van der Waals surface area contributed by atoms with E-state index in [9.17, 15) is 4.79 Å². The minimum Gasteiger partial charge on any atom is -0.320 e. The molecule has 0 unspecified atom stereocenters. The molecule has 2 aromatic rings. The van der Waals surface area contributed by atoms with Gasteiger partial charge in [0.2, 0.25) is 0 Å². The summed E-state index contributed by atoms with van der Waals surface area (Å²) in [5.41, 5.74) is 8.47. The zero-order chi connectivity index (χ0) is 15.2. The molecule has 0 aliphatic heterocycles. The average Bonchev–Trinajstić information content (AvgIpc) is 2.93. The molecule has 0 aliphatic carbocycles. The standard InChI is InChI=1S/C16H18N4O/c1-3-20-11-15(10-18-20)19-16(21)14-7-6-13(5-4-8-17)12(2)9-14/h6-7,9-11H,3,8,17H2,1-2H3,(H,19,21). The van der Waals surface area contributed by atoms with E-state index in [0.29, 0.717) is 17.8 Å². The van der Waals surface area contributed by atoms with E-state index >= 15 is 0 Å². The minimum absolute atomic E-state index is 0.160. The molecule has 5 heteroatoms. The fourth-order valence-corrected chi connectivity index (χ4v) is 1.90. The Kier molecular flexibility index (Phi) is 4.75. The van der Waals surface area contributed by atoms with Gasteiger partial charge in [0.05, 0.1) is 18.4 Å². The summed E-state index contributed by atoms with van der Waals surface area (Å²) in [4.78, 5) is 12.2. The molecule has 0 aliphatic rings. The zero-order valence-electron chi connectivity index (χ0n) is 12.2. The van der Waals surface area contributed by atoms with E-state index in [-0.39, 0.29) is 5.91 Å². The molecule has 21 heavy (non-hydrogen) atoms. The van der Waals surface area contributed by atoms with Crippen LogP contribution in [-0.4, -0.2) is 22.2 Å². The maximum atomic E-state index is 12.2. The number of hydrogen-bond donors (Lipinski definition) is 2. The first kappa shape index (κ1) is 14.8.